The fourth-order valence-corrected chi connectivity index (χ4v) is 3.03. The lowest BCUT2D eigenvalue weighted by Gasteiger charge is -2.32. The zero-order chi connectivity index (χ0) is 15.5. The van der Waals surface area contributed by atoms with Crippen molar-refractivity contribution in [1.82, 2.24) is 0 Å². The molecule has 2 atom stereocenters. The smallest absolute Gasteiger partial charge is 0.381 e. The molecule has 1 saturated carbocycles. The summed E-state index contributed by atoms with van der Waals surface area (Å²) in [5.74, 6) is 0.521. The number of nitriles is 1. The molecule has 0 aliphatic heterocycles. The normalized spacial score (nSPS) is 22.6. The highest BCUT2D eigenvalue weighted by Crippen LogP contribution is 2.34. The van der Waals surface area contributed by atoms with Crippen molar-refractivity contribution >= 4 is 5.69 Å². The van der Waals surface area contributed by atoms with Crippen molar-refractivity contribution in [2.24, 2.45) is 5.92 Å². The molecule has 1 aliphatic rings. The average molecular weight is 296 g/mol. The van der Waals surface area contributed by atoms with E-state index in [-0.39, 0.29) is 11.6 Å². The van der Waals surface area contributed by atoms with Crippen LogP contribution in [0.15, 0.2) is 18.2 Å². The van der Waals surface area contributed by atoms with Gasteiger partial charge < -0.3 is 5.32 Å². The molecule has 1 N–H and O–H groups in total. The number of hydrogen-bond acceptors (Lipinski definition) is 2. The maximum atomic E-state index is 12.7. The molecule has 1 aromatic carbocycles. The lowest BCUT2D eigenvalue weighted by Crippen LogP contribution is -2.32. The van der Waals surface area contributed by atoms with Gasteiger partial charge in [0.15, 0.2) is 0 Å². The Kier molecular flexibility index (Phi) is 4.76. The summed E-state index contributed by atoms with van der Waals surface area (Å²) in [7, 11) is 0. The van der Waals surface area contributed by atoms with E-state index in [9.17, 15) is 13.2 Å². The van der Waals surface area contributed by atoms with Gasteiger partial charge in [0, 0.05) is 6.04 Å². The third-order valence-corrected chi connectivity index (χ3v) is 4.24. The average Bonchev–Trinajstić information content (AvgIpc) is 2.47. The fraction of sp³-hybridized carbons (Fsp3) is 0.562. The number of benzene rings is 1. The van der Waals surface area contributed by atoms with Gasteiger partial charge in [-0.15, -0.1) is 0 Å². The number of halogens is 3. The van der Waals surface area contributed by atoms with E-state index >= 15 is 0 Å². The van der Waals surface area contributed by atoms with Crippen LogP contribution >= 0.6 is 0 Å². The molecule has 2 nitrogen and oxygen atoms in total. The van der Waals surface area contributed by atoms with E-state index < -0.39 is 11.7 Å². The Bertz CT molecular complexity index is 531. The maximum absolute atomic E-state index is 12.7. The molecule has 0 aromatic heterocycles. The molecule has 5 heteroatoms. The maximum Gasteiger partial charge on any atom is 0.416 e. The third-order valence-electron chi connectivity index (χ3n) is 4.24. The van der Waals surface area contributed by atoms with E-state index in [4.69, 9.17) is 5.26 Å². The Hall–Kier alpha value is -1.70. The van der Waals surface area contributed by atoms with Crippen LogP contribution in [-0.2, 0) is 6.18 Å². The molecule has 0 radical (unpaired) electrons. The van der Waals surface area contributed by atoms with Gasteiger partial charge in [0.1, 0.15) is 6.07 Å². The van der Waals surface area contributed by atoms with Crippen LogP contribution in [0.2, 0.25) is 0 Å². The Morgan fingerprint density at radius 2 is 2.00 bits per heavy atom. The second-order valence-electron chi connectivity index (χ2n) is 5.57. The van der Waals surface area contributed by atoms with Crippen LogP contribution in [0.4, 0.5) is 18.9 Å². The molecule has 0 spiro atoms. The van der Waals surface area contributed by atoms with E-state index in [1.807, 2.05) is 6.07 Å². The Morgan fingerprint density at radius 3 is 2.62 bits per heavy atom. The first kappa shape index (κ1) is 15.7. The number of nitrogens with zero attached hydrogens (tertiary/aromatic N) is 1. The van der Waals surface area contributed by atoms with Crippen molar-refractivity contribution in [3.63, 3.8) is 0 Å². The van der Waals surface area contributed by atoms with Gasteiger partial charge in [-0.1, -0.05) is 26.2 Å². The van der Waals surface area contributed by atoms with Crippen LogP contribution in [0.1, 0.15) is 50.2 Å². The second-order valence-corrected chi connectivity index (χ2v) is 5.57. The van der Waals surface area contributed by atoms with Crippen LogP contribution < -0.4 is 5.32 Å². The fourth-order valence-electron chi connectivity index (χ4n) is 3.03. The molecule has 0 amide bonds. The predicted molar refractivity (Wildman–Crippen MR) is 75.8 cm³/mol. The quantitative estimate of drug-likeness (QED) is 0.856. The number of rotatable bonds is 3. The zero-order valence-electron chi connectivity index (χ0n) is 12.0. The first-order chi connectivity index (χ1) is 9.95. The summed E-state index contributed by atoms with van der Waals surface area (Å²) in [5.41, 5.74) is -0.207. The van der Waals surface area contributed by atoms with Crippen LogP contribution in [0.5, 0.6) is 0 Å². The third kappa shape index (κ3) is 3.69. The Balaban J connectivity index is 2.22. The van der Waals surface area contributed by atoms with Gasteiger partial charge in [-0.05, 0) is 37.0 Å². The highest BCUT2D eigenvalue weighted by molar-refractivity contribution is 5.59. The van der Waals surface area contributed by atoms with Gasteiger partial charge in [-0.2, -0.15) is 18.4 Å². The monoisotopic (exact) mass is 296 g/mol. The zero-order valence-corrected chi connectivity index (χ0v) is 12.0. The van der Waals surface area contributed by atoms with Crippen molar-refractivity contribution in [3.8, 4) is 6.07 Å². The highest BCUT2D eigenvalue weighted by Gasteiger charge is 2.31. The van der Waals surface area contributed by atoms with E-state index in [0.29, 0.717) is 11.6 Å². The summed E-state index contributed by atoms with van der Waals surface area (Å²) in [4.78, 5) is 0. The van der Waals surface area contributed by atoms with Gasteiger partial charge in [0.2, 0.25) is 0 Å². The molecule has 1 fully saturated rings. The standard InChI is InChI=1S/C16H19F3N2/c1-2-11-5-3-4-6-14(11)21-15-8-7-13(16(17,18)19)9-12(15)10-20/h7-9,11,14,21H,2-6H2,1H3. The van der Waals surface area contributed by atoms with Crippen molar-refractivity contribution in [1.29, 1.82) is 5.26 Å². The molecule has 21 heavy (non-hydrogen) atoms. The van der Waals surface area contributed by atoms with Crippen molar-refractivity contribution in [3.05, 3.63) is 29.3 Å². The summed E-state index contributed by atoms with van der Waals surface area (Å²) in [5, 5.41) is 12.4. The van der Waals surface area contributed by atoms with E-state index in [2.05, 4.69) is 12.2 Å². The first-order valence-electron chi connectivity index (χ1n) is 7.33. The van der Waals surface area contributed by atoms with Crippen LogP contribution in [-0.4, -0.2) is 6.04 Å². The van der Waals surface area contributed by atoms with Crippen molar-refractivity contribution in [2.45, 2.75) is 51.2 Å². The lowest BCUT2D eigenvalue weighted by atomic mass is 9.82. The second kappa shape index (κ2) is 6.38. The Labute approximate surface area is 123 Å². The SMILES string of the molecule is CCC1CCCCC1Nc1ccc(C(F)(F)F)cc1C#N. The van der Waals surface area contributed by atoms with Gasteiger partial charge in [0.25, 0.3) is 0 Å². The van der Waals surface area contributed by atoms with Crippen molar-refractivity contribution in [2.75, 3.05) is 5.32 Å². The topological polar surface area (TPSA) is 35.8 Å². The minimum atomic E-state index is -4.42. The highest BCUT2D eigenvalue weighted by atomic mass is 19.4. The van der Waals surface area contributed by atoms with E-state index in [1.165, 1.54) is 12.5 Å². The van der Waals surface area contributed by atoms with Crippen LogP contribution in [0.25, 0.3) is 0 Å². The summed E-state index contributed by atoms with van der Waals surface area (Å²) < 4.78 is 38.0. The molecular weight excluding hydrogens is 277 g/mol. The van der Waals surface area contributed by atoms with E-state index in [0.717, 1.165) is 37.8 Å². The number of anilines is 1. The molecule has 0 heterocycles. The van der Waals surface area contributed by atoms with Gasteiger partial charge in [-0.25, -0.2) is 0 Å². The minimum Gasteiger partial charge on any atom is -0.381 e. The molecule has 1 aromatic rings. The minimum absolute atomic E-state index is 0.0604. The summed E-state index contributed by atoms with van der Waals surface area (Å²) in [6.07, 6.45) is 1.09. The van der Waals surface area contributed by atoms with E-state index in [1.54, 1.807) is 0 Å². The first-order valence-corrected chi connectivity index (χ1v) is 7.33. The van der Waals surface area contributed by atoms with Crippen molar-refractivity contribution < 1.29 is 13.2 Å². The Morgan fingerprint density at radius 1 is 1.29 bits per heavy atom. The molecule has 2 rings (SSSR count). The summed E-state index contributed by atoms with van der Waals surface area (Å²) >= 11 is 0. The largest absolute Gasteiger partial charge is 0.416 e. The van der Waals surface area contributed by atoms with Gasteiger partial charge >= 0.3 is 6.18 Å². The molecular formula is C16H19F3N2. The summed E-state index contributed by atoms with van der Waals surface area (Å²) in [6.45, 7) is 2.13. The predicted octanol–water partition coefficient (Wildman–Crippen LogP) is 4.96. The lowest BCUT2D eigenvalue weighted by molar-refractivity contribution is -0.137. The van der Waals surface area contributed by atoms with Crippen LogP contribution in [0, 0.1) is 17.2 Å². The molecule has 1 aliphatic carbocycles. The van der Waals surface area contributed by atoms with Gasteiger partial charge in [-0.3, -0.25) is 0 Å². The van der Waals surface area contributed by atoms with Gasteiger partial charge in [0.05, 0.1) is 16.8 Å². The molecule has 2 unspecified atom stereocenters. The number of hydrogen-bond donors (Lipinski definition) is 1. The summed E-state index contributed by atoms with van der Waals surface area (Å²) in [6, 6.07) is 5.45. The van der Waals surface area contributed by atoms with Crippen LogP contribution in [0.3, 0.4) is 0 Å². The number of alkyl halides is 3. The molecule has 0 saturated heterocycles. The molecule has 0 bridgehead atoms. The molecule has 114 valence electrons. The number of nitrogens with one attached hydrogen (secondary N) is 1.